The molecule has 0 saturated carbocycles. The highest BCUT2D eigenvalue weighted by Gasteiger charge is 2.08. The molecule has 0 bridgehead atoms. The molecular weight excluding hydrogens is 310 g/mol. The van der Waals surface area contributed by atoms with E-state index in [-0.39, 0.29) is 5.91 Å². The lowest BCUT2D eigenvalue weighted by Gasteiger charge is -2.09. The molecule has 0 radical (unpaired) electrons. The number of fused-ring (bicyclic) bond motifs is 1. The fraction of sp³-hybridized carbons (Fsp3) is 0.235. The van der Waals surface area contributed by atoms with Crippen molar-refractivity contribution in [2.45, 2.75) is 13.8 Å². The van der Waals surface area contributed by atoms with Crippen LogP contribution in [0.25, 0.3) is 11.0 Å². The second-order valence-electron chi connectivity index (χ2n) is 5.65. The van der Waals surface area contributed by atoms with Gasteiger partial charge in [-0.3, -0.25) is 4.79 Å². The molecule has 0 atom stereocenters. The summed E-state index contributed by atoms with van der Waals surface area (Å²) in [5, 5.41) is 2.87. The molecule has 0 saturated heterocycles. The van der Waals surface area contributed by atoms with Crippen LogP contribution >= 0.6 is 11.7 Å². The van der Waals surface area contributed by atoms with Crippen LogP contribution in [-0.2, 0) is 0 Å². The zero-order valence-electron chi connectivity index (χ0n) is 12.9. The van der Waals surface area contributed by atoms with Crippen molar-refractivity contribution >= 4 is 34.4 Å². The van der Waals surface area contributed by atoms with Crippen molar-refractivity contribution in [3.8, 4) is 5.75 Å². The van der Waals surface area contributed by atoms with Gasteiger partial charge in [0.25, 0.3) is 5.91 Å². The van der Waals surface area contributed by atoms with E-state index in [4.69, 9.17) is 4.74 Å². The van der Waals surface area contributed by atoms with Gasteiger partial charge < -0.3 is 10.1 Å². The summed E-state index contributed by atoms with van der Waals surface area (Å²) < 4.78 is 13.9. The largest absolute Gasteiger partial charge is 0.493 e. The molecule has 1 aromatic heterocycles. The number of carbonyl (C=O) groups is 1. The number of nitrogens with zero attached hydrogens (tertiary/aromatic N) is 2. The molecule has 5 nitrogen and oxygen atoms in total. The van der Waals surface area contributed by atoms with Crippen LogP contribution in [0.3, 0.4) is 0 Å². The molecule has 118 valence electrons. The first-order valence-corrected chi connectivity index (χ1v) is 8.11. The zero-order valence-corrected chi connectivity index (χ0v) is 13.8. The zero-order chi connectivity index (χ0) is 16.2. The van der Waals surface area contributed by atoms with Crippen molar-refractivity contribution in [3.05, 3.63) is 48.0 Å². The molecule has 0 unspecified atom stereocenters. The van der Waals surface area contributed by atoms with Crippen LogP contribution in [0.4, 0.5) is 5.69 Å². The van der Waals surface area contributed by atoms with E-state index in [9.17, 15) is 4.79 Å². The summed E-state index contributed by atoms with van der Waals surface area (Å²) >= 11 is 1.16. The molecular formula is C17H17N3O2S. The number of benzene rings is 2. The number of anilines is 1. The van der Waals surface area contributed by atoms with Crippen LogP contribution in [0.5, 0.6) is 5.75 Å². The van der Waals surface area contributed by atoms with Gasteiger partial charge in [0.2, 0.25) is 0 Å². The number of hydrogen-bond acceptors (Lipinski definition) is 5. The molecule has 2 aromatic carbocycles. The average Bonchev–Trinajstić information content (AvgIpc) is 3.01. The van der Waals surface area contributed by atoms with Crippen LogP contribution in [0.15, 0.2) is 42.5 Å². The Morgan fingerprint density at radius 1 is 1.13 bits per heavy atom. The summed E-state index contributed by atoms with van der Waals surface area (Å²) in [6.45, 7) is 4.85. The first kappa shape index (κ1) is 15.4. The van der Waals surface area contributed by atoms with Crippen LogP contribution in [-0.4, -0.2) is 21.3 Å². The van der Waals surface area contributed by atoms with E-state index in [0.717, 1.165) is 28.5 Å². The molecule has 0 fully saturated rings. The number of aromatic nitrogens is 2. The Labute approximate surface area is 138 Å². The predicted octanol–water partition coefficient (Wildman–Crippen LogP) is 3.98. The van der Waals surface area contributed by atoms with E-state index >= 15 is 0 Å². The lowest BCUT2D eigenvalue weighted by Crippen LogP contribution is -2.12. The lowest BCUT2D eigenvalue weighted by molar-refractivity contribution is 0.102. The smallest absolute Gasteiger partial charge is 0.255 e. The molecule has 1 heterocycles. The molecule has 0 aliphatic heterocycles. The number of ether oxygens (including phenoxy) is 1. The quantitative estimate of drug-likeness (QED) is 0.770. The topological polar surface area (TPSA) is 64.1 Å². The van der Waals surface area contributed by atoms with Crippen LogP contribution in [0.1, 0.15) is 24.2 Å². The van der Waals surface area contributed by atoms with Crippen LogP contribution < -0.4 is 10.1 Å². The van der Waals surface area contributed by atoms with E-state index in [0.29, 0.717) is 23.8 Å². The summed E-state index contributed by atoms with van der Waals surface area (Å²) in [6.07, 6.45) is 0. The monoisotopic (exact) mass is 327 g/mol. The van der Waals surface area contributed by atoms with Crippen molar-refractivity contribution < 1.29 is 9.53 Å². The summed E-state index contributed by atoms with van der Waals surface area (Å²) in [6, 6.07) is 12.6. The summed E-state index contributed by atoms with van der Waals surface area (Å²) in [5.41, 5.74) is 2.90. The van der Waals surface area contributed by atoms with Crippen molar-refractivity contribution in [1.82, 2.24) is 8.75 Å². The first-order valence-electron chi connectivity index (χ1n) is 7.38. The minimum atomic E-state index is -0.164. The maximum atomic E-state index is 12.3. The first-order chi connectivity index (χ1) is 11.1. The fourth-order valence-electron chi connectivity index (χ4n) is 2.03. The number of carbonyl (C=O) groups excluding carboxylic acids is 1. The second-order valence-corrected chi connectivity index (χ2v) is 6.18. The fourth-order valence-corrected chi connectivity index (χ4v) is 2.55. The van der Waals surface area contributed by atoms with Crippen molar-refractivity contribution in [1.29, 1.82) is 0 Å². The number of hydrogen-bond donors (Lipinski definition) is 1. The van der Waals surface area contributed by atoms with Gasteiger partial charge >= 0.3 is 0 Å². The van der Waals surface area contributed by atoms with E-state index < -0.39 is 0 Å². The van der Waals surface area contributed by atoms with Gasteiger partial charge in [0.1, 0.15) is 16.8 Å². The van der Waals surface area contributed by atoms with Gasteiger partial charge in [-0.25, -0.2) is 0 Å². The average molecular weight is 327 g/mol. The van der Waals surface area contributed by atoms with E-state index in [1.54, 1.807) is 12.1 Å². The highest BCUT2D eigenvalue weighted by Crippen LogP contribution is 2.19. The van der Waals surface area contributed by atoms with Crippen molar-refractivity contribution in [2.75, 3.05) is 11.9 Å². The highest BCUT2D eigenvalue weighted by molar-refractivity contribution is 7.00. The molecule has 0 aliphatic rings. The molecule has 6 heteroatoms. The molecule has 23 heavy (non-hydrogen) atoms. The third-order valence-corrected chi connectivity index (χ3v) is 3.77. The summed E-state index contributed by atoms with van der Waals surface area (Å²) in [7, 11) is 0. The Kier molecular flexibility index (Phi) is 4.52. The summed E-state index contributed by atoms with van der Waals surface area (Å²) in [5.74, 6) is 1.07. The van der Waals surface area contributed by atoms with Gasteiger partial charge in [-0.05, 0) is 48.4 Å². The SMILES string of the molecule is CC(C)COc1ccc(C(=O)Nc2ccc3nsnc3c2)cc1. The third-order valence-electron chi connectivity index (χ3n) is 3.21. The molecule has 1 N–H and O–H groups in total. The van der Waals surface area contributed by atoms with Gasteiger partial charge in [0.05, 0.1) is 18.3 Å². The van der Waals surface area contributed by atoms with E-state index in [1.165, 1.54) is 0 Å². The standard InChI is InChI=1S/C17H17N3O2S/c1-11(2)10-22-14-6-3-12(4-7-14)17(21)18-13-5-8-15-16(9-13)20-23-19-15/h3-9,11H,10H2,1-2H3,(H,18,21). The molecule has 1 amide bonds. The maximum absolute atomic E-state index is 12.3. The number of rotatable bonds is 5. The minimum absolute atomic E-state index is 0.164. The second kappa shape index (κ2) is 6.75. The normalized spacial score (nSPS) is 10.9. The molecule has 0 aliphatic carbocycles. The van der Waals surface area contributed by atoms with Crippen molar-refractivity contribution in [2.24, 2.45) is 5.92 Å². The van der Waals surface area contributed by atoms with Crippen LogP contribution in [0.2, 0.25) is 0 Å². The Hall–Kier alpha value is -2.47. The molecule has 0 spiro atoms. The minimum Gasteiger partial charge on any atom is -0.493 e. The predicted molar refractivity (Wildman–Crippen MR) is 92.1 cm³/mol. The van der Waals surface area contributed by atoms with Crippen LogP contribution in [0, 0.1) is 5.92 Å². The third kappa shape index (κ3) is 3.84. The summed E-state index contributed by atoms with van der Waals surface area (Å²) in [4.78, 5) is 12.3. The van der Waals surface area contributed by atoms with E-state index in [1.807, 2.05) is 30.3 Å². The lowest BCUT2D eigenvalue weighted by atomic mass is 10.2. The van der Waals surface area contributed by atoms with Gasteiger partial charge in [-0.15, -0.1) is 0 Å². The Bertz CT molecular complexity index is 812. The molecule has 3 rings (SSSR count). The van der Waals surface area contributed by atoms with Crippen molar-refractivity contribution in [3.63, 3.8) is 0 Å². The number of nitrogens with one attached hydrogen (secondary N) is 1. The maximum Gasteiger partial charge on any atom is 0.255 e. The van der Waals surface area contributed by atoms with Gasteiger partial charge in [0.15, 0.2) is 0 Å². The highest BCUT2D eigenvalue weighted by atomic mass is 32.1. The van der Waals surface area contributed by atoms with Gasteiger partial charge in [-0.2, -0.15) is 8.75 Å². The number of amides is 1. The Morgan fingerprint density at radius 3 is 2.61 bits per heavy atom. The molecule has 3 aromatic rings. The Balaban J connectivity index is 1.67. The Morgan fingerprint density at radius 2 is 1.87 bits per heavy atom. The van der Waals surface area contributed by atoms with E-state index in [2.05, 4.69) is 27.9 Å². The van der Waals surface area contributed by atoms with Gasteiger partial charge in [0, 0.05) is 11.3 Å². The van der Waals surface area contributed by atoms with Gasteiger partial charge in [-0.1, -0.05) is 13.8 Å².